The molecule has 3 amide bonds. The van der Waals surface area contributed by atoms with E-state index >= 15 is 0 Å². The molecule has 0 aromatic carbocycles. The summed E-state index contributed by atoms with van der Waals surface area (Å²) in [6, 6.07) is -2.43. The normalized spacial score (nSPS) is 29.0. The number of carboxylic acid groups (broad SMARTS) is 1. The van der Waals surface area contributed by atoms with Gasteiger partial charge in [0.2, 0.25) is 17.7 Å². The third kappa shape index (κ3) is 4.07. The number of hydrogen-bond donors (Lipinski definition) is 3. The van der Waals surface area contributed by atoms with E-state index in [-0.39, 0.29) is 23.8 Å². The van der Waals surface area contributed by atoms with Crippen molar-refractivity contribution in [1.82, 2.24) is 20.4 Å². The van der Waals surface area contributed by atoms with Crippen LogP contribution in [-0.2, 0) is 19.2 Å². The summed E-state index contributed by atoms with van der Waals surface area (Å²) in [5.41, 5.74) is 0. The minimum absolute atomic E-state index is 0.0467. The highest BCUT2D eigenvalue weighted by molar-refractivity contribution is 5.94. The average molecular weight is 380 g/mol. The van der Waals surface area contributed by atoms with Gasteiger partial charge in [-0.1, -0.05) is 0 Å². The lowest BCUT2D eigenvalue weighted by Gasteiger charge is -2.29. The van der Waals surface area contributed by atoms with Crippen LogP contribution in [0.5, 0.6) is 0 Å². The van der Waals surface area contributed by atoms with Crippen molar-refractivity contribution in [1.29, 1.82) is 0 Å². The lowest BCUT2D eigenvalue weighted by atomic mass is 10.1. The van der Waals surface area contributed by atoms with E-state index < -0.39 is 24.1 Å². The number of likely N-dealkylation sites (tertiary alicyclic amines) is 2. The van der Waals surface area contributed by atoms with Gasteiger partial charge >= 0.3 is 5.97 Å². The van der Waals surface area contributed by atoms with Crippen LogP contribution in [0.2, 0.25) is 0 Å². The van der Waals surface area contributed by atoms with Gasteiger partial charge in [-0.2, -0.15) is 0 Å². The van der Waals surface area contributed by atoms with Crippen molar-refractivity contribution < 1.29 is 24.3 Å². The number of nitrogens with zero attached hydrogens (tertiary/aromatic N) is 2. The molecule has 3 aliphatic rings. The summed E-state index contributed by atoms with van der Waals surface area (Å²) in [6.07, 6.45) is 4.14. The van der Waals surface area contributed by atoms with Gasteiger partial charge in [0.05, 0.1) is 6.04 Å². The molecule has 0 radical (unpaired) electrons. The number of carbonyl (C=O) groups is 4. The predicted molar refractivity (Wildman–Crippen MR) is 95.7 cm³/mol. The van der Waals surface area contributed by atoms with Crippen molar-refractivity contribution in [2.75, 3.05) is 19.6 Å². The Morgan fingerprint density at radius 3 is 2.30 bits per heavy atom. The molecule has 4 atom stereocenters. The summed E-state index contributed by atoms with van der Waals surface area (Å²) in [7, 11) is 0. The van der Waals surface area contributed by atoms with Crippen molar-refractivity contribution in [3.63, 3.8) is 0 Å². The zero-order valence-corrected chi connectivity index (χ0v) is 15.6. The van der Waals surface area contributed by atoms with Crippen LogP contribution < -0.4 is 10.6 Å². The van der Waals surface area contributed by atoms with E-state index in [0.29, 0.717) is 32.4 Å². The van der Waals surface area contributed by atoms with Gasteiger partial charge in [-0.15, -0.1) is 0 Å². The summed E-state index contributed by atoms with van der Waals surface area (Å²) in [5, 5.41) is 15.1. The number of carbonyl (C=O) groups excluding carboxylic acids is 3. The second-order valence-electron chi connectivity index (χ2n) is 7.60. The van der Waals surface area contributed by atoms with Crippen molar-refractivity contribution in [2.45, 2.75) is 69.6 Å². The van der Waals surface area contributed by atoms with Crippen LogP contribution in [0.25, 0.3) is 0 Å². The molecule has 0 saturated carbocycles. The first kappa shape index (κ1) is 19.6. The molecule has 9 heteroatoms. The maximum Gasteiger partial charge on any atom is 0.326 e. The van der Waals surface area contributed by atoms with Crippen LogP contribution >= 0.6 is 0 Å². The minimum Gasteiger partial charge on any atom is -0.480 e. The fourth-order valence-electron chi connectivity index (χ4n) is 4.31. The maximum atomic E-state index is 12.7. The molecule has 3 saturated heterocycles. The van der Waals surface area contributed by atoms with Gasteiger partial charge in [0, 0.05) is 13.1 Å². The van der Waals surface area contributed by atoms with Crippen LogP contribution in [0.3, 0.4) is 0 Å². The summed E-state index contributed by atoms with van der Waals surface area (Å²) in [5.74, 6) is -1.79. The summed E-state index contributed by atoms with van der Waals surface area (Å²) < 4.78 is 0. The van der Waals surface area contributed by atoms with E-state index in [1.54, 1.807) is 11.8 Å². The molecule has 0 bridgehead atoms. The highest BCUT2D eigenvalue weighted by Crippen LogP contribution is 2.22. The Morgan fingerprint density at radius 1 is 1.00 bits per heavy atom. The molecular formula is C18H28N4O5. The van der Waals surface area contributed by atoms with Gasteiger partial charge in [0.25, 0.3) is 0 Å². The Labute approximate surface area is 158 Å². The lowest BCUT2D eigenvalue weighted by Crippen LogP contribution is -2.55. The Morgan fingerprint density at radius 2 is 1.67 bits per heavy atom. The van der Waals surface area contributed by atoms with Crippen molar-refractivity contribution in [3.8, 4) is 0 Å². The minimum atomic E-state index is -1.02. The second-order valence-corrected chi connectivity index (χ2v) is 7.60. The van der Waals surface area contributed by atoms with Gasteiger partial charge in [-0.3, -0.25) is 14.4 Å². The highest BCUT2D eigenvalue weighted by Gasteiger charge is 2.40. The van der Waals surface area contributed by atoms with E-state index in [4.69, 9.17) is 0 Å². The van der Waals surface area contributed by atoms with E-state index in [1.807, 2.05) is 0 Å². The van der Waals surface area contributed by atoms with Gasteiger partial charge in [-0.25, -0.2) is 4.79 Å². The number of hydrogen-bond acceptors (Lipinski definition) is 5. The van der Waals surface area contributed by atoms with Gasteiger partial charge < -0.3 is 25.5 Å². The monoisotopic (exact) mass is 380 g/mol. The van der Waals surface area contributed by atoms with Gasteiger partial charge in [0.15, 0.2) is 0 Å². The zero-order chi connectivity index (χ0) is 19.6. The topological polar surface area (TPSA) is 119 Å². The summed E-state index contributed by atoms with van der Waals surface area (Å²) >= 11 is 0. The number of nitrogens with one attached hydrogen (secondary N) is 2. The largest absolute Gasteiger partial charge is 0.480 e. The van der Waals surface area contributed by atoms with Crippen LogP contribution in [0.15, 0.2) is 0 Å². The number of rotatable bonds is 5. The third-order valence-electron chi connectivity index (χ3n) is 5.75. The third-order valence-corrected chi connectivity index (χ3v) is 5.75. The van der Waals surface area contributed by atoms with Crippen LogP contribution in [0, 0.1) is 0 Å². The number of carboxylic acids is 1. The van der Waals surface area contributed by atoms with Crippen molar-refractivity contribution in [3.05, 3.63) is 0 Å². The molecule has 3 aliphatic heterocycles. The van der Waals surface area contributed by atoms with E-state index in [9.17, 15) is 24.3 Å². The molecule has 0 aromatic rings. The molecule has 0 spiro atoms. The first-order valence-corrected chi connectivity index (χ1v) is 9.77. The molecule has 150 valence electrons. The average Bonchev–Trinajstić information content (AvgIpc) is 3.41. The van der Waals surface area contributed by atoms with E-state index in [1.165, 1.54) is 4.90 Å². The smallest absolute Gasteiger partial charge is 0.326 e. The molecule has 9 nitrogen and oxygen atoms in total. The Kier molecular flexibility index (Phi) is 5.98. The molecule has 3 heterocycles. The Bertz CT molecular complexity index is 619. The summed E-state index contributed by atoms with van der Waals surface area (Å²) in [4.78, 5) is 52.2. The molecule has 0 aliphatic carbocycles. The first-order chi connectivity index (χ1) is 12.9. The molecule has 27 heavy (non-hydrogen) atoms. The Balaban J connectivity index is 1.59. The van der Waals surface area contributed by atoms with E-state index in [2.05, 4.69) is 10.6 Å². The van der Waals surface area contributed by atoms with Crippen LogP contribution in [0.1, 0.15) is 45.4 Å². The molecule has 4 unspecified atom stereocenters. The van der Waals surface area contributed by atoms with E-state index in [0.717, 1.165) is 25.8 Å². The van der Waals surface area contributed by atoms with Gasteiger partial charge in [0.1, 0.15) is 18.1 Å². The number of amides is 3. The lowest BCUT2D eigenvalue weighted by molar-refractivity contribution is -0.149. The molecule has 0 aromatic heterocycles. The number of aliphatic carboxylic acids is 1. The SMILES string of the molecule is CC(NC(=O)C1CCCN1C(=O)C1CCCN1)C(=O)N1CCCC1C(=O)O. The summed E-state index contributed by atoms with van der Waals surface area (Å²) in [6.45, 7) is 3.31. The van der Waals surface area contributed by atoms with Crippen molar-refractivity contribution >= 4 is 23.7 Å². The quantitative estimate of drug-likeness (QED) is 0.581. The van der Waals surface area contributed by atoms with Crippen LogP contribution in [0.4, 0.5) is 0 Å². The Hall–Kier alpha value is -2.16. The highest BCUT2D eigenvalue weighted by atomic mass is 16.4. The molecule has 3 N–H and O–H groups in total. The fourth-order valence-corrected chi connectivity index (χ4v) is 4.31. The molecule has 3 rings (SSSR count). The first-order valence-electron chi connectivity index (χ1n) is 9.77. The predicted octanol–water partition coefficient (Wildman–Crippen LogP) is -0.690. The second kappa shape index (κ2) is 8.24. The van der Waals surface area contributed by atoms with Crippen molar-refractivity contribution in [2.24, 2.45) is 0 Å². The fraction of sp³-hybridized carbons (Fsp3) is 0.778. The maximum absolute atomic E-state index is 12.7. The molecule has 3 fully saturated rings. The zero-order valence-electron chi connectivity index (χ0n) is 15.6. The molecular weight excluding hydrogens is 352 g/mol. The standard InChI is InChI=1S/C18H28N4O5/c1-11(16(24)22-10-4-7-14(22)18(26)27)20-15(23)13-6-3-9-21(13)17(25)12-5-2-8-19-12/h11-14,19H,2-10H2,1H3,(H,20,23)(H,26,27). The van der Waals surface area contributed by atoms with Crippen LogP contribution in [-0.4, -0.2) is 82.4 Å². The van der Waals surface area contributed by atoms with Gasteiger partial charge in [-0.05, 0) is 52.0 Å².